The fraction of sp³-hybridized carbons (Fsp3) is 0.0909. The number of benzene rings is 2. The molecule has 1 fully saturated rings. The summed E-state index contributed by atoms with van der Waals surface area (Å²) in [6, 6.07) is 17.1. The van der Waals surface area contributed by atoms with Crippen molar-refractivity contribution in [2.75, 3.05) is 0 Å². The van der Waals surface area contributed by atoms with Crippen molar-refractivity contribution in [3.8, 4) is 11.3 Å². The Bertz CT molecular complexity index is 1180. The maximum atomic E-state index is 12.7. The number of imide groups is 1. The van der Waals surface area contributed by atoms with Crippen molar-refractivity contribution in [3.05, 3.63) is 92.6 Å². The van der Waals surface area contributed by atoms with Gasteiger partial charge in [0.15, 0.2) is 0 Å². The van der Waals surface area contributed by atoms with Gasteiger partial charge in [-0.2, -0.15) is 0 Å². The van der Waals surface area contributed by atoms with E-state index in [1.165, 1.54) is 23.1 Å². The second kappa shape index (κ2) is 8.00. The summed E-state index contributed by atoms with van der Waals surface area (Å²) in [5.74, 6) is 0.444. The summed E-state index contributed by atoms with van der Waals surface area (Å²) in [7, 11) is 0. The van der Waals surface area contributed by atoms with Gasteiger partial charge in [0.1, 0.15) is 11.5 Å². The monoisotopic (exact) mass is 420 g/mol. The van der Waals surface area contributed by atoms with Crippen LogP contribution in [0.3, 0.4) is 0 Å². The molecule has 1 aromatic heterocycles. The van der Waals surface area contributed by atoms with Gasteiger partial charge in [-0.25, -0.2) is 0 Å². The molecule has 2 aromatic carbocycles. The lowest BCUT2D eigenvalue weighted by molar-refractivity contribution is -0.384. The molecule has 150 valence electrons. The van der Waals surface area contributed by atoms with Crippen LogP contribution < -0.4 is 0 Å². The second-order valence-corrected chi connectivity index (χ2v) is 7.76. The lowest BCUT2D eigenvalue weighted by atomic mass is 10.1. The Kier molecular flexibility index (Phi) is 5.24. The van der Waals surface area contributed by atoms with E-state index in [-0.39, 0.29) is 28.3 Å². The van der Waals surface area contributed by atoms with Crippen molar-refractivity contribution in [1.82, 2.24) is 4.90 Å². The van der Waals surface area contributed by atoms with Gasteiger partial charge in [0.05, 0.1) is 16.4 Å². The topological polar surface area (TPSA) is 93.7 Å². The Morgan fingerprint density at radius 1 is 1.10 bits per heavy atom. The van der Waals surface area contributed by atoms with Crippen molar-refractivity contribution < 1.29 is 18.9 Å². The molecule has 0 radical (unpaired) electrons. The molecule has 2 amide bonds. The number of carbonyl (C=O) groups excluding carboxylic acids is 2. The Hall–Kier alpha value is -3.65. The maximum Gasteiger partial charge on any atom is 0.293 e. The minimum atomic E-state index is -0.475. The van der Waals surface area contributed by atoms with Crippen LogP contribution in [0.5, 0.6) is 0 Å². The highest BCUT2D eigenvalue weighted by Gasteiger charge is 2.35. The largest absolute Gasteiger partial charge is 0.457 e. The molecule has 0 spiro atoms. The van der Waals surface area contributed by atoms with E-state index in [0.29, 0.717) is 17.1 Å². The zero-order valence-corrected chi connectivity index (χ0v) is 16.7. The number of nitrogens with zero attached hydrogens (tertiary/aromatic N) is 2. The van der Waals surface area contributed by atoms with Gasteiger partial charge in [-0.3, -0.25) is 24.6 Å². The van der Waals surface area contributed by atoms with E-state index >= 15 is 0 Å². The minimum Gasteiger partial charge on any atom is -0.457 e. The summed E-state index contributed by atoms with van der Waals surface area (Å²) in [4.78, 5) is 37.0. The van der Waals surface area contributed by atoms with Gasteiger partial charge >= 0.3 is 0 Å². The number of hydrogen-bond donors (Lipinski definition) is 0. The molecule has 7 nitrogen and oxygen atoms in total. The minimum absolute atomic E-state index is 0.0392. The van der Waals surface area contributed by atoms with Gasteiger partial charge in [-0.1, -0.05) is 42.0 Å². The van der Waals surface area contributed by atoms with Crippen molar-refractivity contribution >= 4 is 34.7 Å². The van der Waals surface area contributed by atoms with E-state index in [9.17, 15) is 19.7 Å². The number of carbonyl (C=O) groups is 2. The Morgan fingerprint density at radius 2 is 1.87 bits per heavy atom. The predicted octanol–water partition coefficient (Wildman–Crippen LogP) is 5.40. The third-order valence-corrected chi connectivity index (χ3v) is 5.48. The van der Waals surface area contributed by atoms with Gasteiger partial charge in [0.2, 0.25) is 0 Å². The van der Waals surface area contributed by atoms with Crippen molar-refractivity contribution in [2.45, 2.75) is 13.5 Å². The Morgan fingerprint density at radius 3 is 2.60 bits per heavy atom. The van der Waals surface area contributed by atoms with Crippen LogP contribution in [0.1, 0.15) is 16.9 Å². The van der Waals surface area contributed by atoms with Crippen LogP contribution in [0.15, 0.2) is 70.0 Å². The van der Waals surface area contributed by atoms with Crippen molar-refractivity contribution in [1.29, 1.82) is 0 Å². The smallest absolute Gasteiger partial charge is 0.293 e. The average Bonchev–Trinajstić information content (AvgIpc) is 3.30. The molecule has 1 aliphatic rings. The number of thioether (sulfide) groups is 1. The van der Waals surface area contributed by atoms with Gasteiger partial charge in [-0.05, 0) is 36.4 Å². The number of amides is 2. The lowest BCUT2D eigenvalue weighted by Crippen LogP contribution is -2.27. The molecule has 0 bridgehead atoms. The molecule has 0 N–H and O–H groups in total. The van der Waals surface area contributed by atoms with E-state index in [1.807, 2.05) is 31.2 Å². The van der Waals surface area contributed by atoms with Gasteiger partial charge in [-0.15, -0.1) is 0 Å². The number of non-ortho nitro benzene ring substituents is 1. The first-order valence-corrected chi connectivity index (χ1v) is 9.88. The lowest BCUT2D eigenvalue weighted by Gasteiger charge is -2.12. The summed E-state index contributed by atoms with van der Waals surface area (Å²) in [6.45, 7) is 2.18. The molecule has 4 rings (SSSR count). The van der Waals surface area contributed by atoms with Crippen molar-refractivity contribution in [2.24, 2.45) is 0 Å². The summed E-state index contributed by atoms with van der Waals surface area (Å²) >= 11 is 0.860. The molecule has 0 saturated carbocycles. The molecule has 0 atom stereocenters. The van der Waals surface area contributed by atoms with Gasteiger partial charge in [0.25, 0.3) is 16.8 Å². The second-order valence-electron chi connectivity index (χ2n) is 6.76. The first kappa shape index (κ1) is 19.7. The highest BCUT2D eigenvalue weighted by atomic mass is 32.2. The van der Waals surface area contributed by atoms with Crippen LogP contribution in [-0.2, 0) is 11.3 Å². The molecular weight excluding hydrogens is 404 g/mol. The van der Waals surface area contributed by atoms with E-state index in [4.69, 9.17) is 4.42 Å². The summed E-state index contributed by atoms with van der Waals surface area (Å²) in [5.41, 5.74) is 2.49. The quantitative estimate of drug-likeness (QED) is 0.312. The highest BCUT2D eigenvalue weighted by molar-refractivity contribution is 8.18. The van der Waals surface area contributed by atoms with Crippen molar-refractivity contribution in [3.63, 3.8) is 0 Å². The molecule has 30 heavy (non-hydrogen) atoms. The SMILES string of the molecule is Cc1ccc(CN2C(=O)S/C(=C\c3ccc(-c4cccc([N+](=O)[O-])c4)o3)C2=O)cc1. The first-order valence-electron chi connectivity index (χ1n) is 9.06. The normalized spacial score (nSPS) is 15.2. The van der Waals surface area contributed by atoms with Crippen LogP contribution in [-0.4, -0.2) is 21.0 Å². The van der Waals surface area contributed by atoms with Gasteiger partial charge in [0, 0.05) is 23.8 Å². The number of nitro benzene ring substituents is 1. The maximum absolute atomic E-state index is 12.7. The number of aryl methyl sites for hydroxylation is 1. The average molecular weight is 420 g/mol. The zero-order valence-electron chi connectivity index (χ0n) is 15.9. The molecule has 1 aliphatic heterocycles. The van der Waals surface area contributed by atoms with E-state index in [1.54, 1.807) is 24.3 Å². The van der Waals surface area contributed by atoms with Gasteiger partial charge < -0.3 is 4.42 Å². The first-order chi connectivity index (χ1) is 14.4. The molecular formula is C22H16N2O5S. The van der Waals surface area contributed by atoms with Crippen LogP contribution in [0.4, 0.5) is 10.5 Å². The molecule has 3 aromatic rings. The number of rotatable bonds is 5. The van der Waals surface area contributed by atoms with Crippen LogP contribution in [0, 0.1) is 17.0 Å². The molecule has 0 aliphatic carbocycles. The predicted molar refractivity (Wildman–Crippen MR) is 113 cm³/mol. The third-order valence-electron chi connectivity index (χ3n) is 4.58. The van der Waals surface area contributed by atoms with E-state index in [0.717, 1.165) is 22.9 Å². The fourth-order valence-electron chi connectivity index (χ4n) is 3.00. The van der Waals surface area contributed by atoms with Crippen LogP contribution >= 0.6 is 11.8 Å². The summed E-state index contributed by atoms with van der Waals surface area (Å²) < 4.78 is 5.72. The standard InChI is InChI=1S/C22H16N2O5S/c1-14-5-7-15(8-6-14)13-23-21(25)20(30-22(23)26)12-18-9-10-19(29-18)16-3-2-4-17(11-16)24(27)28/h2-12H,13H2,1H3/b20-12-. The number of nitro groups is 1. The number of furan rings is 1. The van der Waals surface area contributed by atoms with E-state index < -0.39 is 4.92 Å². The zero-order chi connectivity index (χ0) is 21.3. The Labute approximate surface area is 176 Å². The van der Waals surface area contributed by atoms with E-state index in [2.05, 4.69) is 0 Å². The van der Waals surface area contributed by atoms with Crippen LogP contribution in [0.2, 0.25) is 0 Å². The molecule has 8 heteroatoms. The fourth-order valence-corrected chi connectivity index (χ4v) is 3.82. The summed E-state index contributed by atoms with van der Waals surface area (Å²) in [5, 5.41) is 10.6. The van der Waals surface area contributed by atoms with Crippen LogP contribution in [0.25, 0.3) is 17.4 Å². The third kappa shape index (κ3) is 4.04. The Balaban J connectivity index is 1.53. The number of hydrogen-bond acceptors (Lipinski definition) is 6. The summed E-state index contributed by atoms with van der Waals surface area (Å²) in [6.07, 6.45) is 1.51. The molecule has 0 unspecified atom stereocenters. The highest BCUT2D eigenvalue weighted by Crippen LogP contribution is 2.34. The molecule has 1 saturated heterocycles. The molecule has 2 heterocycles.